The van der Waals surface area contributed by atoms with E-state index >= 15 is 0 Å². The second kappa shape index (κ2) is 8.28. The summed E-state index contributed by atoms with van der Waals surface area (Å²) >= 11 is 3.50. The van der Waals surface area contributed by atoms with Crippen LogP contribution in [0.5, 0.6) is 5.75 Å². The molecule has 0 saturated heterocycles. The molecule has 0 bridgehead atoms. The van der Waals surface area contributed by atoms with Gasteiger partial charge in [-0.2, -0.15) is 0 Å². The van der Waals surface area contributed by atoms with Crippen LogP contribution in [0.15, 0.2) is 82.2 Å². The zero-order valence-electron chi connectivity index (χ0n) is 16.7. The molecular formula is C25H20BrNO3. The maximum atomic E-state index is 13.3. The molecule has 0 aliphatic carbocycles. The maximum Gasteiger partial charge on any atom is 0.200 e. The molecule has 4 rings (SSSR count). The number of hydrogen-bond donors (Lipinski definition) is 0. The lowest BCUT2D eigenvalue weighted by molar-refractivity contribution is 0.103. The summed E-state index contributed by atoms with van der Waals surface area (Å²) in [6.07, 6.45) is 1.67. The molecule has 0 unspecified atom stereocenters. The van der Waals surface area contributed by atoms with Crippen molar-refractivity contribution in [2.24, 2.45) is 0 Å². The van der Waals surface area contributed by atoms with Crippen LogP contribution in [0.25, 0.3) is 10.9 Å². The van der Waals surface area contributed by atoms with Gasteiger partial charge in [-0.05, 0) is 60.5 Å². The maximum absolute atomic E-state index is 13.3. The molecule has 0 fully saturated rings. The van der Waals surface area contributed by atoms with Crippen molar-refractivity contribution < 1.29 is 9.53 Å². The summed E-state index contributed by atoms with van der Waals surface area (Å²) < 4.78 is 8.22. The first-order valence-corrected chi connectivity index (χ1v) is 10.3. The number of halogens is 1. The number of aromatic nitrogens is 1. The molecule has 4 nitrogen and oxygen atoms in total. The van der Waals surface area contributed by atoms with Gasteiger partial charge in [0.05, 0.1) is 18.2 Å². The van der Waals surface area contributed by atoms with Crippen molar-refractivity contribution in [3.63, 3.8) is 0 Å². The summed E-state index contributed by atoms with van der Waals surface area (Å²) in [4.78, 5) is 26.4. The third-order valence-electron chi connectivity index (χ3n) is 5.13. The molecule has 3 aromatic carbocycles. The first-order valence-electron chi connectivity index (χ1n) is 9.54. The number of pyridine rings is 1. The van der Waals surface area contributed by atoms with Crippen molar-refractivity contribution in [3.05, 3.63) is 110 Å². The molecule has 0 radical (unpaired) electrons. The van der Waals surface area contributed by atoms with E-state index in [2.05, 4.69) is 15.9 Å². The number of carbonyl (C=O) groups is 1. The largest absolute Gasteiger partial charge is 0.496 e. The van der Waals surface area contributed by atoms with E-state index in [-0.39, 0.29) is 16.8 Å². The number of carbonyl (C=O) groups excluding carboxylic acids is 1. The topological polar surface area (TPSA) is 48.3 Å². The minimum Gasteiger partial charge on any atom is -0.496 e. The third-order valence-corrected chi connectivity index (χ3v) is 5.62. The monoisotopic (exact) mass is 461 g/mol. The Kier molecular flexibility index (Phi) is 5.55. The predicted octanol–water partition coefficient (Wildman–Crippen LogP) is 5.36. The Hall–Kier alpha value is -3.18. The van der Waals surface area contributed by atoms with Crippen LogP contribution >= 0.6 is 15.9 Å². The number of aryl methyl sites for hydroxylation is 1. The molecule has 0 spiro atoms. The van der Waals surface area contributed by atoms with Crippen molar-refractivity contribution in [3.8, 4) is 5.75 Å². The Labute approximate surface area is 182 Å². The van der Waals surface area contributed by atoms with Gasteiger partial charge in [-0.3, -0.25) is 9.59 Å². The van der Waals surface area contributed by atoms with Gasteiger partial charge in [0.1, 0.15) is 5.75 Å². The van der Waals surface area contributed by atoms with Gasteiger partial charge in [0.25, 0.3) is 0 Å². The molecule has 0 aliphatic heterocycles. The second-order valence-electron chi connectivity index (χ2n) is 7.16. The van der Waals surface area contributed by atoms with Crippen molar-refractivity contribution in [2.75, 3.05) is 7.11 Å². The van der Waals surface area contributed by atoms with E-state index in [1.165, 1.54) is 0 Å². The first kappa shape index (κ1) is 20.1. The molecule has 0 atom stereocenters. The van der Waals surface area contributed by atoms with E-state index < -0.39 is 0 Å². The average Bonchev–Trinajstić information content (AvgIpc) is 2.75. The number of ketones is 1. The highest BCUT2D eigenvalue weighted by Crippen LogP contribution is 2.22. The Balaban J connectivity index is 1.86. The van der Waals surface area contributed by atoms with Crippen LogP contribution in [-0.2, 0) is 6.54 Å². The lowest BCUT2D eigenvalue weighted by atomic mass is 10.00. The van der Waals surface area contributed by atoms with Gasteiger partial charge in [-0.1, -0.05) is 40.2 Å². The van der Waals surface area contributed by atoms with Gasteiger partial charge < -0.3 is 9.30 Å². The molecule has 1 heterocycles. The van der Waals surface area contributed by atoms with E-state index in [1.807, 2.05) is 54.0 Å². The molecule has 5 heteroatoms. The summed E-state index contributed by atoms with van der Waals surface area (Å²) in [5, 5.41) is 0.531. The van der Waals surface area contributed by atoms with Crippen molar-refractivity contribution in [1.29, 1.82) is 0 Å². The van der Waals surface area contributed by atoms with Crippen LogP contribution in [0.1, 0.15) is 27.0 Å². The summed E-state index contributed by atoms with van der Waals surface area (Å²) in [5.41, 5.74) is 3.08. The standard InChI is InChI=1S/C25H20BrNO3/c1-16-12-18(10-11-23(16)30-2)24(28)21-15-27(14-17-6-5-7-19(26)13-17)22-9-4-3-8-20(22)25(21)29/h3-13,15H,14H2,1-2H3. The smallest absolute Gasteiger partial charge is 0.200 e. The molecule has 1 aromatic heterocycles. The summed E-state index contributed by atoms with van der Waals surface area (Å²) in [6, 6.07) is 20.6. The average molecular weight is 462 g/mol. The highest BCUT2D eigenvalue weighted by atomic mass is 79.9. The quantitative estimate of drug-likeness (QED) is 0.375. The van der Waals surface area contributed by atoms with Gasteiger partial charge in [-0.15, -0.1) is 0 Å². The van der Waals surface area contributed by atoms with Crippen molar-refractivity contribution >= 4 is 32.6 Å². The first-order chi connectivity index (χ1) is 14.5. The highest BCUT2D eigenvalue weighted by molar-refractivity contribution is 9.10. The predicted molar refractivity (Wildman–Crippen MR) is 123 cm³/mol. The van der Waals surface area contributed by atoms with Gasteiger partial charge in [0.15, 0.2) is 5.78 Å². The summed E-state index contributed by atoms with van der Waals surface area (Å²) in [7, 11) is 1.59. The van der Waals surface area contributed by atoms with E-state index in [0.29, 0.717) is 23.2 Å². The molecule has 0 N–H and O–H groups in total. The zero-order valence-corrected chi connectivity index (χ0v) is 18.3. The molecule has 0 aliphatic rings. The van der Waals surface area contributed by atoms with Crippen LogP contribution in [0.2, 0.25) is 0 Å². The number of ether oxygens (including phenoxy) is 1. The highest BCUT2D eigenvalue weighted by Gasteiger charge is 2.18. The van der Waals surface area contributed by atoms with E-state index in [4.69, 9.17) is 4.74 Å². The Bertz CT molecular complexity index is 1320. The Morgan fingerprint density at radius 2 is 1.83 bits per heavy atom. The number of methoxy groups -OCH3 is 1. The lowest BCUT2D eigenvalue weighted by Gasteiger charge is -2.14. The van der Waals surface area contributed by atoms with Gasteiger partial charge in [-0.25, -0.2) is 0 Å². The Morgan fingerprint density at radius 1 is 1.03 bits per heavy atom. The van der Waals surface area contributed by atoms with Crippen LogP contribution in [-0.4, -0.2) is 17.5 Å². The zero-order chi connectivity index (χ0) is 21.3. The summed E-state index contributed by atoms with van der Waals surface area (Å²) in [5.74, 6) is 0.414. The molecular weight excluding hydrogens is 442 g/mol. The Morgan fingerprint density at radius 3 is 2.57 bits per heavy atom. The van der Waals surface area contributed by atoms with Crippen LogP contribution in [0.3, 0.4) is 0 Å². The van der Waals surface area contributed by atoms with Crippen molar-refractivity contribution in [1.82, 2.24) is 4.57 Å². The fourth-order valence-corrected chi connectivity index (χ4v) is 4.09. The van der Waals surface area contributed by atoms with Gasteiger partial charge >= 0.3 is 0 Å². The van der Waals surface area contributed by atoms with Crippen LogP contribution in [0, 0.1) is 6.92 Å². The second-order valence-corrected chi connectivity index (χ2v) is 8.08. The normalized spacial score (nSPS) is 10.9. The van der Waals surface area contributed by atoms with Gasteiger partial charge in [0.2, 0.25) is 5.43 Å². The SMILES string of the molecule is COc1ccc(C(=O)c2cn(Cc3cccc(Br)c3)c3ccccc3c2=O)cc1C. The van der Waals surface area contributed by atoms with E-state index in [0.717, 1.165) is 21.1 Å². The number of hydrogen-bond acceptors (Lipinski definition) is 3. The molecule has 4 aromatic rings. The van der Waals surface area contributed by atoms with Crippen molar-refractivity contribution in [2.45, 2.75) is 13.5 Å². The minimum absolute atomic E-state index is 0.160. The van der Waals surface area contributed by atoms with Crippen LogP contribution in [0.4, 0.5) is 0 Å². The lowest BCUT2D eigenvalue weighted by Crippen LogP contribution is -2.20. The number of nitrogens with zero attached hydrogens (tertiary/aromatic N) is 1. The number of rotatable bonds is 5. The van der Waals surface area contributed by atoms with Crippen LogP contribution < -0.4 is 10.2 Å². The molecule has 150 valence electrons. The molecule has 0 saturated carbocycles. The van der Waals surface area contributed by atoms with Gasteiger partial charge in [0, 0.05) is 28.2 Å². The fraction of sp³-hybridized carbons (Fsp3) is 0.120. The fourth-order valence-electron chi connectivity index (χ4n) is 3.64. The number of benzene rings is 3. The number of fused-ring (bicyclic) bond motifs is 1. The minimum atomic E-state index is -0.292. The number of para-hydroxylation sites is 1. The van der Waals surface area contributed by atoms with E-state index in [9.17, 15) is 9.59 Å². The third kappa shape index (κ3) is 3.81. The molecule has 30 heavy (non-hydrogen) atoms. The molecule has 0 amide bonds. The summed E-state index contributed by atoms with van der Waals surface area (Å²) in [6.45, 7) is 2.42. The van der Waals surface area contributed by atoms with E-state index in [1.54, 1.807) is 37.6 Å².